The van der Waals surface area contributed by atoms with Gasteiger partial charge in [0, 0.05) is 12.1 Å². The first-order valence-electron chi connectivity index (χ1n) is 4.65. The Balaban J connectivity index is 3.45. The van der Waals surface area contributed by atoms with E-state index in [0.717, 1.165) is 6.04 Å². The molecule has 0 spiro atoms. The maximum absolute atomic E-state index is 5.75. The molecule has 4 N–H and O–H groups in total. The molecule has 0 bridgehead atoms. The van der Waals surface area contributed by atoms with Crippen molar-refractivity contribution in [3.8, 4) is 0 Å². The van der Waals surface area contributed by atoms with E-state index >= 15 is 0 Å². The summed E-state index contributed by atoms with van der Waals surface area (Å²) in [4.78, 5) is 0. The topological polar surface area (TPSA) is 61.3 Å². The molecule has 0 aliphatic carbocycles. The molecule has 0 aromatic carbocycles. The SMILES string of the molecule is CC(C)O[SiH2]CC(CN)C(C)N. The highest BCUT2D eigenvalue weighted by Crippen LogP contribution is 2.05. The minimum atomic E-state index is -0.397. The van der Waals surface area contributed by atoms with Crippen molar-refractivity contribution in [2.75, 3.05) is 6.54 Å². The quantitative estimate of drug-likeness (QED) is 0.572. The normalized spacial score (nSPS) is 17.5. The number of hydrogen-bond donors (Lipinski definition) is 2. The standard InChI is InChI=1S/C8H22N2OSi/c1-6(2)11-12-5-8(4-9)7(3)10/h6-8H,4-5,9-10,12H2,1-3H3. The van der Waals surface area contributed by atoms with Crippen molar-refractivity contribution in [2.45, 2.75) is 39.0 Å². The van der Waals surface area contributed by atoms with E-state index in [1.807, 2.05) is 6.92 Å². The highest BCUT2D eigenvalue weighted by molar-refractivity contribution is 6.27. The Morgan fingerprint density at radius 1 is 1.33 bits per heavy atom. The van der Waals surface area contributed by atoms with Crippen LogP contribution in [0.2, 0.25) is 6.04 Å². The van der Waals surface area contributed by atoms with E-state index in [1.54, 1.807) is 0 Å². The van der Waals surface area contributed by atoms with Crippen LogP contribution in [0.15, 0.2) is 0 Å². The van der Waals surface area contributed by atoms with Gasteiger partial charge in [0.05, 0.1) is 0 Å². The molecule has 2 unspecified atom stereocenters. The summed E-state index contributed by atoms with van der Waals surface area (Å²) >= 11 is 0. The second-order valence-electron chi connectivity index (χ2n) is 3.56. The van der Waals surface area contributed by atoms with Gasteiger partial charge in [-0.1, -0.05) is 0 Å². The average molecular weight is 190 g/mol. The van der Waals surface area contributed by atoms with Crippen molar-refractivity contribution in [1.82, 2.24) is 0 Å². The van der Waals surface area contributed by atoms with Crippen LogP contribution in [-0.2, 0) is 4.43 Å². The van der Waals surface area contributed by atoms with Crippen molar-refractivity contribution in [1.29, 1.82) is 0 Å². The van der Waals surface area contributed by atoms with Crippen molar-refractivity contribution in [3.63, 3.8) is 0 Å². The smallest absolute Gasteiger partial charge is 0.162 e. The maximum Gasteiger partial charge on any atom is 0.162 e. The second kappa shape index (κ2) is 6.60. The molecule has 0 aliphatic heterocycles. The van der Waals surface area contributed by atoms with Crippen LogP contribution >= 0.6 is 0 Å². The minimum absolute atomic E-state index is 0.207. The van der Waals surface area contributed by atoms with Crippen LogP contribution in [0.25, 0.3) is 0 Å². The minimum Gasteiger partial charge on any atom is -0.422 e. The van der Waals surface area contributed by atoms with Crippen molar-refractivity contribution >= 4 is 9.76 Å². The van der Waals surface area contributed by atoms with Gasteiger partial charge >= 0.3 is 0 Å². The van der Waals surface area contributed by atoms with Gasteiger partial charge in [-0.25, -0.2) is 0 Å². The zero-order valence-corrected chi connectivity index (χ0v) is 9.83. The maximum atomic E-state index is 5.75. The number of nitrogens with two attached hydrogens (primary N) is 2. The van der Waals surface area contributed by atoms with E-state index in [1.165, 1.54) is 0 Å². The van der Waals surface area contributed by atoms with Crippen LogP contribution in [0.5, 0.6) is 0 Å². The van der Waals surface area contributed by atoms with Gasteiger partial charge in [-0.05, 0) is 39.3 Å². The van der Waals surface area contributed by atoms with Crippen LogP contribution in [0.4, 0.5) is 0 Å². The lowest BCUT2D eigenvalue weighted by molar-refractivity contribution is 0.251. The average Bonchev–Trinajstić information content (AvgIpc) is 1.96. The molecular formula is C8H22N2OSi. The fourth-order valence-corrected chi connectivity index (χ4v) is 2.72. The summed E-state index contributed by atoms with van der Waals surface area (Å²) in [5, 5.41) is 0. The van der Waals surface area contributed by atoms with E-state index in [-0.39, 0.29) is 6.04 Å². The molecule has 0 saturated heterocycles. The third-order valence-corrected chi connectivity index (χ3v) is 3.87. The fraction of sp³-hybridized carbons (Fsp3) is 1.00. The summed E-state index contributed by atoms with van der Waals surface area (Å²) in [7, 11) is -0.397. The first-order valence-corrected chi connectivity index (χ1v) is 6.23. The van der Waals surface area contributed by atoms with Crippen LogP contribution < -0.4 is 11.5 Å². The van der Waals surface area contributed by atoms with Gasteiger partial charge in [0.1, 0.15) is 0 Å². The molecule has 0 rings (SSSR count). The molecule has 0 aromatic rings. The predicted octanol–water partition coefficient (Wildman–Crippen LogP) is -0.164. The lowest BCUT2D eigenvalue weighted by Gasteiger charge is -2.18. The molecule has 12 heavy (non-hydrogen) atoms. The van der Waals surface area contributed by atoms with Crippen LogP contribution in [0.1, 0.15) is 20.8 Å². The van der Waals surface area contributed by atoms with Crippen LogP contribution in [0, 0.1) is 5.92 Å². The van der Waals surface area contributed by atoms with Gasteiger partial charge < -0.3 is 15.9 Å². The summed E-state index contributed by atoms with van der Waals surface area (Å²) in [6.45, 7) is 6.83. The largest absolute Gasteiger partial charge is 0.422 e. The fourth-order valence-electron chi connectivity index (χ4n) is 1.05. The van der Waals surface area contributed by atoms with Gasteiger partial charge in [0.2, 0.25) is 0 Å². The summed E-state index contributed by atoms with van der Waals surface area (Å²) < 4.78 is 5.55. The molecule has 0 aliphatic rings. The van der Waals surface area contributed by atoms with Gasteiger partial charge in [0.15, 0.2) is 9.76 Å². The summed E-state index contributed by atoms with van der Waals surface area (Å²) in [5.41, 5.74) is 11.3. The molecule has 0 fully saturated rings. The van der Waals surface area contributed by atoms with E-state index in [4.69, 9.17) is 15.9 Å². The molecule has 0 heterocycles. The van der Waals surface area contributed by atoms with Gasteiger partial charge in [0.25, 0.3) is 0 Å². The Hall–Kier alpha value is 0.0969. The van der Waals surface area contributed by atoms with Crippen molar-refractivity contribution < 1.29 is 4.43 Å². The summed E-state index contributed by atoms with van der Waals surface area (Å²) in [6.07, 6.45) is 0.364. The highest BCUT2D eigenvalue weighted by Gasteiger charge is 2.11. The van der Waals surface area contributed by atoms with Crippen molar-refractivity contribution in [2.24, 2.45) is 17.4 Å². The Kier molecular flexibility index (Phi) is 6.65. The molecule has 74 valence electrons. The van der Waals surface area contributed by atoms with Gasteiger partial charge in [-0.2, -0.15) is 0 Å². The molecule has 0 saturated carbocycles. The molecule has 0 radical (unpaired) electrons. The van der Waals surface area contributed by atoms with Gasteiger partial charge in [-0.3, -0.25) is 0 Å². The first kappa shape index (κ1) is 12.1. The van der Waals surface area contributed by atoms with Crippen LogP contribution in [0.3, 0.4) is 0 Å². The first-order chi connectivity index (χ1) is 5.57. The number of hydrogen-bond acceptors (Lipinski definition) is 3. The third-order valence-electron chi connectivity index (χ3n) is 1.99. The lowest BCUT2D eigenvalue weighted by Crippen LogP contribution is -2.33. The van der Waals surface area contributed by atoms with E-state index in [0.29, 0.717) is 18.6 Å². The van der Waals surface area contributed by atoms with E-state index < -0.39 is 9.76 Å². The van der Waals surface area contributed by atoms with Gasteiger partial charge in [-0.15, -0.1) is 0 Å². The molecule has 0 amide bonds. The zero-order chi connectivity index (χ0) is 9.56. The predicted molar refractivity (Wildman–Crippen MR) is 55.8 cm³/mol. The lowest BCUT2D eigenvalue weighted by atomic mass is 10.1. The number of rotatable bonds is 6. The van der Waals surface area contributed by atoms with Crippen molar-refractivity contribution in [3.05, 3.63) is 0 Å². The molecule has 0 aromatic heterocycles. The molecule has 2 atom stereocenters. The Morgan fingerprint density at radius 2 is 1.92 bits per heavy atom. The Morgan fingerprint density at radius 3 is 2.25 bits per heavy atom. The van der Waals surface area contributed by atoms with Crippen LogP contribution in [-0.4, -0.2) is 28.5 Å². The Labute approximate surface area is 77.8 Å². The van der Waals surface area contributed by atoms with E-state index in [2.05, 4.69) is 13.8 Å². The summed E-state index contributed by atoms with van der Waals surface area (Å²) in [6, 6.07) is 1.31. The molecular weight excluding hydrogens is 168 g/mol. The monoisotopic (exact) mass is 190 g/mol. The third kappa shape index (κ3) is 5.71. The Bertz CT molecular complexity index is 109. The highest BCUT2D eigenvalue weighted by atomic mass is 28.2. The molecule has 4 heteroatoms. The molecule has 3 nitrogen and oxygen atoms in total. The summed E-state index contributed by atoms with van der Waals surface area (Å²) in [5.74, 6) is 0.454. The van der Waals surface area contributed by atoms with E-state index in [9.17, 15) is 0 Å². The zero-order valence-electron chi connectivity index (χ0n) is 8.42. The second-order valence-corrected chi connectivity index (χ2v) is 4.88.